The van der Waals surface area contributed by atoms with Gasteiger partial charge in [-0.25, -0.2) is 0 Å². The summed E-state index contributed by atoms with van der Waals surface area (Å²) in [6, 6.07) is 7.82. The van der Waals surface area contributed by atoms with Crippen molar-refractivity contribution >= 4 is 5.91 Å². The predicted molar refractivity (Wildman–Crippen MR) is 70.3 cm³/mol. The van der Waals surface area contributed by atoms with Crippen LogP contribution in [0.1, 0.15) is 32.3 Å². The number of benzene rings is 1. The van der Waals surface area contributed by atoms with Crippen LogP contribution in [0.2, 0.25) is 0 Å². The standard InChI is InChI=1S/C14H20N2O2/c1-3-10(2)16-14(13(15)17)8-9-18-12-7-5-4-6-11(12)14/h4-7,10,16H,3,8-9H2,1-2H3,(H2,15,17). The molecule has 2 rings (SSSR count). The summed E-state index contributed by atoms with van der Waals surface area (Å²) in [4.78, 5) is 12.0. The van der Waals surface area contributed by atoms with Crippen molar-refractivity contribution < 1.29 is 9.53 Å². The number of ether oxygens (including phenoxy) is 1. The van der Waals surface area contributed by atoms with Crippen molar-refractivity contribution in [3.05, 3.63) is 29.8 Å². The number of hydrogen-bond donors (Lipinski definition) is 2. The van der Waals surface area contributed by atoms with Gasteiger partial charge in [0.2, 0.25) is 5.91 Å². The first-order valence-corrected chi connectivity index (χ1v) is 6.40. The Morgan fingerprint density at radius 3 is 2.94 bits per heavy atom. The molecule has 4 heteroatoms. The molecule has 1 aliphatic heterocycles. The maximum atomic E-state index is 12.0. The Morgan fingerprint density at radius 1 is 1.56 bits per heavy atom. The van der Waals surface area contributed by atoms with Crippen LogP contribution in [0.5, 0.6) is 5.75 Å². The SMILES string of the molecule is CCC(C)NC1(C(N)=O)CCOc2ccccc21. The third-order valence-electron chi connectivity index (χ3n) is 3.61. The third-order valence-corrected chi connectivity index (χ3v) is 3.61. The van der Waals surface area contributed by atoms with Gasteiger partial charge in [0, 0.05) is 18.0 Å². The highest BCUT2D eigenvalue weighted by Crippen LogP contribution is 2.37. The molecule has 0 saturated heterocycles. The number of fused-ring (bicyclic) bond motifs is 1. The Balaban J connectivity index is 2.46. The molecular weight excluding hydrogens is 228 g/mol. The summed E-state index contributed by atoms with van der Waals surface area (Å²) in [5.74, 6) is 0.414. The third kappa shape index (κ3) is 2.08. The van der Waals surface area contributed by atoms with Crippen molar-refractivity contribution in [1.82, 2.24) is 5.32 Å². The van der Waals surface area contributed by atoms with Crippen LogP contribution < -0.4 is 15.8 Å². The Hall–Kier alpha value is -1.55. The molecule has 0 aliphatic carbocycles. The predicted octanol–water partition coefficient (Wildman–Crippen LogP) is 1.54. The molecule has 0 fully saturated rings. The van der Waals surface area contributed by atoms with Gasteiger partial charge in [0.15, 0.2) is 0 Å². The van der Waals surface area contributed by atoms with Crippen LogP contribution in [0.3, 0.4) is 0 Å². The number of hydrogen-bond acceptors (Lipinski definition) is 3. The highest BCUT2D eigenvalue weighted by atomic mass is 16.5. The summed E-state index contributed by atoms with van der Waals surface area (Å²) in [7, 11) is 0. The monoisotopic (exact) mass is 248 g/mol. The lowest BCUT2D eigenvalue weighted by molar-refractivity contribution is -0.126. The molecule has 1 heterocycles. The van der Waals surface area contributed by atoms with Crippen molar-refractivity contribution in [3.8, 4) is 5.75 Å². The molecule has 0 bridgehead atoms. The van der Waals surface area contributed by atoms with Gasteiger partial charge in [0.25, 0.3) is 0 Å². The van der Waals surface area contributed by atoms with E-state index in [0.717, 1.165) is 17.7 Å². The molecule has 1 aromatic rings. The fourth-order valence-corrected chi connectivity index (χ4v) is 2.39. The first-order chi connectivity index (χ1) is 8.60. The van der Waals surface area contributed by atoms with E-state index in [2.05, 4.69) is 19.2 Å². The van der Waals surface area contributed by atoms with Crippen molar-refractivity contribution in [2.75, 3.05) is 6.61 Å². The van der Waals surface area contributed by atoms with E-state index in [1.54, 1.807) is 0 Å². The largest absolute Gasteiger partial charge is 0.493 e. The second-order valence-corrected chi connectivity index (χ2v) is 4.82. The van der Waals surface area contributed by atoms with Gasteiger partial charge in [0.05, 0.1) is 6.61 Å². The van der Waals surface area contributed by atoms with E-state index >= 15 is 0 Å². The lowest BCUT2D eigenvalue weighted by atomic mass is 9.83. The number of carbonyl (C=O) groups excluding carboxylic acids is 1. The molecular formula is C14H20N2O2. The molecule has 0 spiro atoms. The number of para-hydroxylation sites is 1. The van der Waals surface area contributed by atoms with Gasteiger partial charge >= 0.3 is 0 Å². The minimum absolute atomic E-state index is 0.226. The summed E-state index contributed by atoms with van der Waals surface area (Å²) in [5.41, 5.74) is 5.71. The lowest BCUT2D eigenvalue weighted by Crippen LogP contribution is -2.57. The molecule has 2 unspecified atom stereocenters. The molecule has 1 aromatic carbocycles. The molecule has 0 aromatic heterocycles. The zero-order chi connectivity index (χ0) is 13.2. The highest BCUT2D eigenvalue weighted by molar-refractivity contribution is 5.87. The normalized spacial score (nSPS) is 23.9. The fraction of sp³-hybridized carbons (Fsp3) is 0.500. The van der Waals surface area contributed by atoms with Crippen LogP contribution in [-0.4, -0.2) is 18.6 Å². The summed E-state index contributed by atoms with van der Waals surface area (Å²) in [6.07, 6.45) is 1.52. The van der Waals surface area contributed by atoms with Gasteiger partial charge in [-0.3, -0.25) is 10.1 Å². The van der Waals surface area contributed by atoms with Crippen LogP contribution >= 0.6 is 0 Å². The Bertz CT molecular complexity index is 447. The number of nitrogens with two attached hydrogens (primary N) is 1. The molecule has 0 saturated carbocycles. The summed E-state index contributed by atoms with van der Waals surface area (Å²) in [6.45, 7) is 4.64. The van der Waals surface area contributed by atoms with Gasteiger partial charge in [-0.2, -0.15) is 0 Å². The Labute approximate surface area is 108 Å². The van der Waals surface area contributed by atoms with Crippen LogP contribution in [0.25, 0.3) is 0 Å². The summed E-state index contributed by atoms with van der Waals surface area (Å²) >= 11 is 0. The first kappa shape index (κ1) is 12.9. The van der Waals surface area contributed by atoms with E-state index in [1.807, 2.05) is 24.3 Å². The second kappa shape index (κ2) is 4.98. The topological polar surface area (TPSA) is 64.3 Å². The molecule has 98 valence electrons. The van der Waals surface area contributed by atoms with E-state index in [4.69, 9.17) is 10.5 Å². The van der Waals surface area contributed by atoms with Gasteiger partial charge in [-0.05, 0) is 19.4 Å². The average molecular weight is 248 g/mol. The zero-order valence-corrected chi connectivity index (χ0v) is 10.9. The summed E-state index contributed by atoms with van der Waals surface area (Å²) in [5, 5.41) is 3.38. The maximum Gasteiger partial charge on any atom is 0.242 e. The van der Waals surface area contributed by atoms with Crippen LogP contribution in [0.15, 0.2) is 24.3 Å². The first-order valence-electron chi connectivity index (χ1n) is 6.40. The Kier molecular flexibility index (Phi) is 3.57. The second-order valence-electron chi connectivity index (χ2n) is 4.82. The highest BCUT2D eigenvalue weighted by Gasteiger charge is 2.43. The molecule has 3 N–H and O–H groups in total. The van der Waals surface area contributed by atoms with Crippen molar-refractivity contribution in [2.24, 2.45) is 5.73 Å². The minimum Gasteiger partial charge on any atom is -0.493 e. The van der Waals surface area contributed by atoms with Gasteiger partial charge < -0.3 is 10.5 Å². The van der Waals surface area contributed by atoms with Gasteiger partial charge in [-0.1, -0.05) is 25.1 Å². The van der Waals surface area contributed by atoms with E-state index in [-0.39, 0.29) is 11.9 Å². The smallest absolute Gasteiger partial charge is 0.242 e. The molecule has 1 amide bonds. The average Bonchev–Trinajstić information content (AvgIpc) is 2.38. The summed E-state index contributed by atoms with van der Waals surface area (Å²) < 4.78 is 5.60. The number of primary amides is 1. The fourth-order valence-electron chi connectivity index (χ4n) is 2.39. The van der Waals surface area contributed by atoms with E-state index in [1.165, 1.54) is 0 Å². The zero-order valence-electron chi connectivity index (χ0n) is 10.9. The lowest BCUT2D eigenvalue weighted by Gasteiger charge is -2.39. The van der Waals surface area contributed by atoms with E-state index in [0.29, 0.717) is 13.0 Å². The number of carbonyl (C=O) groups is 1. The molecule has 18 heavy (non-hydrogen) atoms. The van der Waals surface area contributed by atoms with Crippen LogP contribution in [0, 0.1) is 0 Å². The van der Waals surface area contributed by atoms with Crippen molar-refractivity contribution in [3.63, 3.8) is 0 Å². The van der Waals surface area contributed by atoms with Crippen LogP contribution in [-0.2, 0) is 10.3 Å². The van der Waals surface area contributed by atoms with E-state index < -0.39 is 5.54 Å². The number of nitrogens with one attached hydrogen (secondary N) is 1. The minimum atomic E-state index is -0.801. The van der Waals surface area contributed by atoms with Gasteiger partial charge in [-0.15, -0.1) is 0 Å². The Morgan fingerprint density at radius 2 is 2.28 bits per heavy atom. The molecule has 0 radical (unpaired) electrons. The number of amides is 1. The molecule has 4 nitrogen and oxygen atoms in total. The van der Waals surface area contributed by atoms with E-state index in [9.17, 15) is 4.79 Å². The van der Waals surface area contributed by atoms with Gasteiger partial charge in [0.1, 0.15) is 11.3 Å². The molecule has 2 atom stereocenters. The molecule has 1 aliphatic rings. The van der Waals surface area contributed by atoms with Crippen molar-refractivity contribution in [2.45, 2.75) is 38.3 Å². The van der Waals surface area contributed by atoms with Crippen LogP contribution in [0.4, 0.5) is 0 Å². The quantitative estimate of drug-likeness (QED) is 0.849. The maximum absolute atomic E-state index is 12.0. The number of rotatable bonds is 4. The van der Waals surface area contributed by atoms with Crippen molar-refractivity contribution in [1.29, 1.82) is 0 Å².